The van der Waals surface area contributed by atoms with Crippen molar-refractivity contribution in [2.75, 3.05) is 18.4 Å². The second-order valence-corrected chi connectivity index (χ2v) is 5.49. The summed E-state index contributed by atoms with van der Waals surface area (Å²) in [6.07, 6.45) is -0.861. The highest BCUT2D eigenvalue weighted by Crippen LogP contribution is 2.18. The molecular formula is C18H21FN2O2. The molecule has 0 fully saturated rings. The molecule has 0 radical (unpaired) electrons. The van der Waals surface area contributed by atoms with Crippen LogP contribution in [0, 0.1) is 19.7 Å². The van der Waals surface area contributed by atoms with Crippen molar-refractivity contribution in [2.24, 2.45) is 0 Å². The maximum atomic E-state index is 12.8. The van der Waals surface area contributed by atoms with Crippen LogP contribution in [0.3, 0.4) is 0 Å². The molecule has 0 aromatic heterocycles. The molecule has 5 heteroatoms. The largest absolute Gasteiger partial charge is 0.387 e. The Morgan fingerprint density at radius 1 is 1.13 bits per heavy atom. The number of nitrogens with one attached hydrogen (secondary N) is 2. The Balaban J connectivity index is 1.82. The molecule has 0 heterocycles. The van der Waals surface area contributed by atoms with Gasteiger partial charge in [-0.05, 0) is 42.7 Å². The van der Waals surface area contributed by atoms with E-state index in [9.17, 15) is 14.3 Å². The van der Waals surface area contributed by atoms with Gasteiger partial charge in [-0.2, -0.15) is 0 Å². The van der Waals surface area contributed by atoms with Crippen LogP contribution in [-0.4, -0.2) is 24.1 Å². The van der Waals surface area contributed by atoms with E-state index in [1.54, 1.807) is 0 Å². The van der Waals surface area contributed by atoms with Crippen LogP contribution >= 0.6 is 0 Å². The van der Waals surface area contributed by atoms with Crippen LogP contribution in [0.15, 0.2) is 42.5 Å². The van der Waals surface area contributed by atoms with Crippen LogP contribution < -0.4 is 10.6 Å². The Morgan fingerprint density at radius 3 is 2.35 bits per heavy atom. The molecule has 0 bridgehead atoms. The third kappa shape index (κ3) is 4.79. The second-order valence-electron chi connectivity index (χ2n) is 5.49. The highest BCUT2D eigenvalue weighted by molar-refractivity contribution is 5.81. The van der Waals surface area contributed by atoms with Gasteiger partial charge in [0.25, 0.3) is 0 Å². The molecule has 0 aliphatic rings. The second kappa shape index (κ2) is 7.74. The standard InChI is InChI=1S/C18H21FN2O2/c1-12-4-3-5-13(2)18(12)21-11-17(23)20-10-16(22)14-6-8-15(19)9-7-14/h3-9,16,21-22H,10-11H2,1-2H3,(H,20,23). The Morgan fingerprint density at radius 2 is 1.74 bits per heavy atom. The molecule has 0 saturated carbocycles. The van der Waals surface area contributed by atoms with Crippen molar-refractivity contribution < 1.29 is 14.3 Å². The number of aryl methyl sites for hydroxylation is 2. The number of anilines is 1. The lowest BCUT2D eigenvalue weighted by Crippen LogP contribution is -2.33. The van der Waals surface area contributed by atoms with E-state index in [0.29, 0.717) is 5.56 Å². The summed E-state index contributed by atoms with van der Waals surface area (Å²) in [4.78, 5) is 11.9. The number of aliphatic hydroxyl groups is 1. The molecule has 1 atom stereocenters. The van der Waals surface area contributed by atoms with Crippen molar-refractivity contribution in [2.45, 2.75) is 20.0 Å². The number of carbonyl (C=O) groups is 1. The number of amides is 1. The highest BCUT2D eigenvalue weighted by atomic mass is 19.1. The van der Waals surface area contributed by atoms with E-state index in [-0.39, 0.29) is 24.8 Å². The predicted molar refractivity (Wildman–Crippen MR) is 88.8 cm³/mol. The first-order chi connectivity index (χ1) is 11.0. The molecule has 122 valence electrons. The van der Waals surface area contributed by atoms with Gasteiger partial charge in [0.2, 0.25) is 5.91 Å². The van der Waals surface area contributed by atoms with Gasteiger partial charge in [0.15, 0.2) is 0 Å². The molecular weight excluding hydrogens is 295 g/mol. The van der Waals surface area contributed by atoms with Gasteiger partial charge in [-0.1, -0.05) is 30.3 Å². The molecule has 23 heavy (non-hydrogen) atoms. The van der Waals surface area contributed by atoms with Crippen LogP contribution in [0.2, 0.25) is 0 Å². The Labute approximate surface area is 135 Å². The maximum Gasteiger partial charge on any atom is 0.239 e. The monoisotopic (exact) mass is 316 g/mol. The van der Waals surface area contributed by atoms with Crippen LogP contribution in [0.5, 0.6) is 0 Å². The number of hydrogen-bond donors (Lipinski definition) is 3. The Hall–Kier alpha value is -2.40. The number of halogens is 1. The van der Waals surface area contributed by atoms with Crippen LogP contribution in [0.1, 0.15) is 22.8 Å². The topological polar surface area (TPSA) is 61.4 Å². The molecule has 2 aromatic rings. The van der Waals surface area contributed by atoms with Gasteiger partial charge in [-0.25, -0.2) is 4.39 Å². The summed E-state index contributed by atoms with van der Waals surface area (Å²) in [5.41, 5.74) is 3.66. The minimum absolute atomic E-state index is 0.0822. The van der Waals surface area contributed by atoms with Crippen LogP contribution in [0.4, 0.5) is 10.1 Å². The number of rotatable bonds is 6. The highest BCUT2D eigenvalue weighted by Gasteiger charge is 2.10. The maximum absolute atomic E-state index is 12.8. The first kappa shape index (κ1) is 17.0. The van der Waals surface area contributed by atoms with Crippen molar-refractivity contribution in [3.63, 3.8) is 0 Å². The fourth-order valence-electron chi connectivity index (χ4n) is 2.34. The van der Waals surface area contributed by atoms with E-state index in [2.05, 4.69) is 10.6 Å². The minimum atomic E-state index is -0.861. The van der Waals surface area contributed by atoms with Crippen molar-refractivity contribution in [3.8, 4) is 0 Å². The zero-order chi connectivity index (χ0) is 16.8. The summed E-state index contributed by atoms with van der Waals surface area (Å²) in [5, 5.41) is 15.7. The third-order valence-electron chi connectivity index (χ3n) is 3.65. The summed E-state index contributed by atoms with van der Waals surface area (Å²) < 4.78 is 12.8. The average Bonchev–Trinajstić information content (AvgIpc) is 2.53. The molecule has 2 rings (SSSR count). The summed E-state index contributed by atoms with van der Waals surface area (Å²) in [5.74, 6) is -0.573. The third-order valence-corrected chi connectivity index (χ3v) is 3.65. The number of aliphatic hydroxyl groups excluding tert-OH is 1. The lowest BCUT2D eigenvalue weighted by molar-refractivity contribution is -0.119. The number of hydrogen-bond acceptors (Lipinski definition) is 3. The quantitative estimate of drug-likeness (QED) is 0.768. The molecule has 2 aromatic carbocycles. The summed E-state index contributed by atoms with van der Waals surface area (Å²) >= 11 is 0. The SMILES string of the molecule is Cc1cccc(C)c1NCC(=O)NCC(O)c1ccc(F)cc1. The van der Waals surface area contributed by atoms with Gasteiger partial charge in [0.05, 0.1) is 12.6 Å². The predicted octanol–water partition coefficient (Wildman–Crippen LogP) is 2.70. The van der Waals surface area contributed by atoms with Crippen molar-refractivity contribution >= 4 is 11.6 Å². The molecule has 0 spiro atoms. The average molecular weight is 316 g/mol. The van der Waals surface area contributed by atoms with E-state index in [0.717, 1.165) is 16.8 Å². The van der Waals surface area contributed by atoms with Crippen molar-refractivity contribution in [3.05, 3.63) is 65.0 Å². The first-order valence-corrected chi connectivity index (χ1v) is 7.47. The summed E-state index contributed by atoms with van der Waals surface area (Å²) in [6.45, 7) is 4.16. The lowest BCUT2D eigenvalue weighted by atomic mass is 10.1. The van der Waals surface area contributed by atoms with Gasteiger partial charge in [-0.3, -0.25) is 4.79 Å². The van der Waals surface area contributed by atoms with E-state index in [1.807, 2.05) is 32.0 Å². The lowest BCUT2D eigenvalue weighted by Gasteiger charge is -2.14. The van der Waals surface area contributed by atoms with E-state index in [4.69, 9.17) is 0 Å². The zero-order valence-corrected chi connectivity index (χ0v) is 13.3. The fraction of sp³-hybridized carbons (Fsp3) is 0.278. The Bertz CT molecular complexity index is 651. The van der Waals surface area contributed by atoms with Gasteiger partial charge in [0.1, 0.15) is 5.82 Å². The first-order valence-electron chi connectivity index (χ1n) is 7.47. The van der Waals surface area contributed by atoms with Crippen molar-refractivity contribution in [1.82, 2.24) is 5.32 Å². The van der Waals surface area contributed by atoms with Gasteiger partial charge >= 0.3 is 0 Å². The number of benzene rings is 2. The van der Waals surface area contributed by atoms with E-state index in [1.165, 1.54) is 24.3 Å². The molecule has 0 aliphatic heterocycles. The minimum Gasteiger partial charge on any atom is -0.387 e. The van der Waals surface area contributed by atoms with Gasteiger partial charge in [0, 0.05) is 12.2 Å². The molecule has 3 N–H and O–H groups in total. The number of carbonyl (C=O) groups excluding carboxylic acids is 1. The van der Waals surface area contributed by atoms with Crippen LogP contribution in [0.25, 0.3) is 0 Å². The van der Waals surface area contributed by atoms with Crippen LogP contribution in [-0.2, 0) is 4.79 Å². The molecule has 1 amide bonds. The fourth-order valence-corrected chi connectivity index (χ4v) is 2.34. The van der Waals surface area contributed by atoms with Crippen molar-refractivity contribution in [1.29, 1.82) is 0 Å². The summed E-state index contributed by atoms with van der Waals surface area (Å²) in [6, 6.07) is 11.5. The van der Waals surface area contributed by atoms with Gasteiger partial charge < -0.3 is 15.7 Å². The molecule has 4 nitrogen and oxygen atoms in total. The van der Waals surface area contributed by atoms with Gasteiger partial charge in [-0.15, -0.1) is 0 Å². The molecule has 1 unspecified atom stereocenters. The molecule has 0 aliphatic carbocycles. The normalized spacial score (nSPS) is 11.8. The van der Waals surface area contributed by atoms with E-state index < -0.39 is 6.10 Å². The molecule has 0 saturated heterocycles. The van der Waals surface area contributed by atoms with E-state index >= 15 is 0 Å². The zero-order valence-electron chi connectivity index (χ0n) is 13.3. The summed E-state index contributed by atoms with van der Waals surface area (Å²) in [7, 11) is 0. The Kier molecular flexibility index (Phi) is 5.71. The smallest absolute Gasteiger partial charge is 0.239 e. The number of para-hydroxylation sites is 1.